The first-order valence-corrected chi connectivity index (χ1v) is 10.0. The van der Waals surface area contributed by atoms with E-state index < -0.39 is 16.5 Å². The predicted molar refractivity (Wildman–Crippen MR) is 104 cm³/mol. The van der Waals surface area contributed by atoms with Crippen LogP contribution in [0, 0.1) is 0 Å². The van der Waals surface area contributed by atoms with Crippen LogP contribution in [0.15, 0.2) is 53.0 Å². The van der Waals surface area contributed by atoms with Crippen molar-refractivity contribution in [1.29, 1.82) is 0 Å². The normalized spacial score (nSPS) is 17.6. The summed E-state index contributed by atoms with van der Waals surface area (Å²) < 4.78 is 27.7. The van der Waals surface area contributed by atoms with Crippen LogP contribution in [0.2, 0.25) is 0 Å². The zero-order valence-corrected chi connectivity index (χ0v) is 16.9. The Labute approximate surface area is 159 Å². The number of rotatable bonds is 5. The molecule has 0 spiro atoms. The second kappa shape index (κ2) is 7.19. The Hall–Kier alpha value is -1.21. The van der Waals surface area contributed by atoms with E-state index in [4.69, 9.17) is 9.47 Å². The van der Waals surface area contributed by atoms with Gasteiger partial charge in [-0.1, -0.05) is 28.1 Å². The lowest BCUT2D eigenvalue weighted by atomic mass is 9.89. The van der Waals surface area contributed by atoms with Gasteiger partial charge in [-0.15, -0.1) is 0 Å². The summed E-state index contributed by atoms with van der Waals surface area (Å²) in [5.74, 6) is 1.54. The highest BCUT2D eigenvalue weighted by atomic mass is 79.9. The Bertz CT molecular complexity index is 750. The molecule has 6 heteroatoms. The van der Waals surface area contributed by atoms with Crippen molar-refractivity contribution in [2.45, 2.75) is 31.1 Å². The second-order valence-corrected chi connectivity index (χ2v) is 10.0. The van der Waals surface area contributed by atoms with Crippen LogP contribution in [0.25, 0.3) is 0 Å². The molecule has 1 atom stereocenters. The van der Waals surface area contributed by atoms with Gasteiger partial charge in [0, 0.05) is 4.47 Å². The average Bonchev–Trinajstić information content (AvgIpc) is 2.53. The molecule has 4 nitrogen and oxygen atoms in total. The standard InChI is InChI=1S/C19H22BrNO3S/c1-18(2,3)25(22)21-19(12-23-13-19)14-4-8-16(9-5-14)24-17-10-6-15(20)7-11-17/h4-11,21H,12-13H2,1-3H3. The van der Waals surface area contributed by atoms with Gasteiger partial charge in [-0.3, -0.25) is 0 Å². The Morgan fingerprint density at radius 2 is 1.56 bits per heavy atom. The van der Waals surface area contributed by atoms with Crippen molar-refractivity contribution in [3.8, 4) is 11.5 Å². The number of hydrogen-bond donors (Lipinski definition) is 1. The molecule has 1 fully saturated rings. The van der Waals surface area contributed by atoms with E-state index in [-0.39, 0.29) is 4.75 Å². The largest absolute Gasteiger partial charge is 0.457 e. The number of ether oxygens (including phenoxy) is 2. The van der Waals surface area contributed by atoms with Gasteiger partial charge in [0.25, 0.3) is 0 Å². The lowest BCUT2D eigenvalue weighted by Gasteiger charge is -2.43. The lowest BCUT2D eigenvalue weighted by Crippen LogP contribution is -2.59. The molecule has 0 bridgehead atoms. The zero-order chi connectivity index (χ0) is 18.1. The quantitative estimate of drug-likeness (QED) is 0.768. The zero-order valence-electron chi connectivity index (χ0n) is 14.5. The Balaban J connectivity index is 1.74. The summed E-state index contributed by atoms with van der Waals surface area (Å²) in [5, 5.41) is 0. The van der Waals surface area contributed by atoms with E-state index in [0.717, 1.165) is 21.5 Å². The third-order valence-corrected chi connectivity index (χ3v) is 6.21. The predicted octanol–water partition coefficient (Wildman–Crippen LogP) is 4.52. The number of halogens is 1. The number of benzene rings is 2. The van der Waals surface area contributed by atoms with Gasteiger partial charge >= 0.3 is 0 Å². The molecule has 1 aliphatic rings. The average molecular weight is 424 g/mol. The minimum atomic E-state index is -1.16. The van der Waals surface area contributed by atoms with Gasteiger partial charge in [0.15, 0.2) is 0 Å². The fourth-order valence-electron chi connectivity index (χ4n) is 2.40. The SMILES string of the molecule is CC(C)(C)S(=O)NC1(c2ccc(Oc3ccc(Br)cc3)cc2)COC1. The minimum absolute atomic E-state index is 0.326. The van der Waals surface area contributed by atoms with Crippen molar-refractivity contribution in [3.63, 3.8) is 0 Å². The molecular formula is C19H22BrNO3S. The van der Waals surface area contributed by atoms with Crippen LogP contribution in [0.3, 0.4) is 0 Å². The molecule has 0 radical (unpaired) electrons. The van der Waals surface area contributed by atoms with Crippen molar-refractivity contribution < 1.29 is 13.7 Å². The summed E-state index contributed by atoms with van der Waals surface area (Å²) >= 11 is 3.41. The molecule has 134 valence electrons. The molecule has 1 saturated heterocycles. The molecule has 2 aromatic carbocycles. The van der Waals surface area contributed by atoms with Gasteiger partial charge in [0.05, 0.1) is 28.9 Å². The van der Waals surface area contributed by atoms with Crippen LogP contribution in [0.4, 0.5) is 0 Å². The molecule has 0 aromatic heterocycles. The van der Waals surface area contributed by atoms with Gasteiger partial charge in [0.2, 0.25) is 0 Å². The maximum Gasteiger partial charge on any atom is 0.127 e. The number of nitrogens with one attached hydrogen (secondary N) is 1. The van der Waals surface area contributed by atoms with E-state index in [2.05, 4.69) is 20.7 Å². The van der Waals surface area contributed by atoms with Crippen molar-refractivity contribution >= 4 is 26.9 Å². The summed E-state index contributed by atoms with van der Waals surface area (Å²) in [4.78, 5) is 0. The van der Waals surface area contributed by atoms with Crippen LogP contribution in [-0.4, -0.2) is 22.2 Å². The summed E-state index contributed by atoms with van der Waals surface area (Å²) in [6.07, 6.45) is 0. The van der Waals surface area contributed by atoms with E-state index in [0.29, 0.717) is 13.2 Å². The van der Waals surface area contributed by atoms with Gasteiger partial charge in [-0.2, -0.15) is 0 Å². The summed E-state index contributed by atoms with van der Waals surface area (Å²) in [6.45, 7) is 6.90. The van der Waals surface area contributed by atoms with E-state index in [9.17, 15) is 4.21 Å². The highest BCUT2D eigenvalue weighted by Crippen LogP contribution is 2.33. The first kappa shape index (κ1) is 18.6. The highest BCUT2D eigenvalue weighted by Gasteiger charge is 2.43. The van der Waals surface area contributed by atoms with Crippen LogP contribution >= 0.6 is 15.9 Å². The highest BCUT2D eigenvalue weighted by molar-refractivity contribution is 9.10. The first-order valence-electron chi connectivity index (χ1n) is 8.10. The van der Waals surface area contributed by atoms with E-state index in [1.165, 1.54) is 0 Å². The second-order valence-electron chi connectivity index (χ2n) is 7.14. The molecule has 0 saturated carbocycles. The summed E-state index contributed by atoms with van der Waals surface area (Å²) in [5.41, 5.74) is 0.661. The smallest absolute Gasteiger partial charge is 0.127 e. The number of hydrogen-bond acceptors (Lipinski definition) is 3. The van der Waals surface area contributed by atoms with Crippen LogP contribution in [0.1, 0.15) is 26.3 Å². The van der Waals surface area contributed by atoms with Crippen molar-refractivity contribution in [3.05, 3.63) is 58.6 Å². The van der Waals surface area contributed by atoms with Gasteiger partial charge < -0.3 is 9.47 Å². The Kier molecular flexibility index (Phi) is 5.34. The van der Waals surface area contributed by atoms with E-state index >= 15 is 0 Å². The fourth-order valence-corrected chi connectivity index (χ4v) is 3.56. The molecule has 1 unspecified atom stereocenters. The Morgan fingerprint density at radius 1 is 1.04 bits per heavy atom. The third-order valence-electron chi connectivity index (χ3n) is 4.00. The molecule has 0 amide bonds. The van der Waals surface area contributed by atoms with Crippen molar-refractivity contribution in [2.75, 3.05) is 13.2 Å². The van der Waals surface area contributed by atoms with Crippen LogP contribution in [-0.2, 0) is 21.3 Å². The minimum Gasteiger partial charge on any atom is -0.457 e. The van der Waals surface area contributed by atoms with E-state index in [1.54, 1.807) is 0 Å². The summed E-state index contributed by atoms with van der Waals surface area (Å²) in [7, 11) is -1.16. The van der Waals surface area contributed by atoms with Crippen molar-refractivity contribution in [1.82, 2.24) is 4.72 Å². The third kappa shape index (κ3) is 4.31. The maximum absolute atomic E-state index is 12.5. The molecule has 25 heavy (non-hydrogen) atoms. The van der Waals surface area contributed by atoms with Gasteiger partial charge in [0.1, 0.15) is 17.0 Å². The lowest BCUT2D eigenvalue weighted by molar-refractivity contribution is -0.0659. The van der Waals surface area contributed by atoms with Gasteiger partial charge in [-0.25, -0.2) is 8.93 Å². The molecule has 3 rings (SSSR count). The van der Waals surface area contributed by atoms with Crippen LogP contribution < -0.4 is 9.46 Å². The van der Waals surface area contributed by atoms with Crippen molar-refractivity contribution in [2.24, 2.45) is 0 Å². The molecule has 2 aromatic rings. The molecule has 1 heterocycles. The topological polar surface area (TPSA) is 47.6 Å². The molecule has 1 aliphatic heterocycles. The maximum atomic E-state index is 12.5. The summed E-state index contributed by atoms with van der Waals surface area (Å²) in [6, 6.07) is 15.6. The molecular weight excluding hydrogens is 402 g/mol. The Morgan fingerprint density at radius 3 is 2.00 bits per heavy atom. The molecule has 0 aliphatic carbocycles. The van der Waals surface area contributed by atoms with E-state index in [1.807, 2.05) is 69.3 Å². The van der Waals surface area contributed by atoms with Gasteiger partial charge in [-0.05, 0) is 62.7 Å². The van der Waals surface area contributed by atoms with Crippen LogP contribution in [0.5, 0.6) is 11.5 Å². The molecule has 1 N–H and O–H groups in total. The fraction of sp³-hybridized carbons (Fsp3) is 0.368. The monoisotopic (exact) mass is 423 g/mol. The first-order chi connectivity index (χ1) is 11.8.